The monoisotopic (exact) mass is 360 g/mol. The quantitative estimate of drug-likeness (QED) is 0.842. The summed E-state index contributed by atoms with van der Waals surface area (Å²) >= 11 is 6.20. The van der Waals surface area contributed by atoms with Gasteiger partial charge in [0.1, 0.15) is 11.3 Å². The summed E-state index contributed by atoms with van der Waals surface area (Å²) in [6, 6.07) is 7.27. The van der Waals surface area contributed by atoms with Crippen LogP contribution in [-0.2, 0) is 9.53 Å². The van der Waals surface area contributed by atoms with E-state index in [2.05, 4.69) is 4.98 Å². The summed E-state index contributed by atoms with van der Waals surface area (Å²) in [6.45, 7) is 2.38. The maximum absolute atomic E-state index is 12.6. The van der Waals surface area contributed by atoms with Gasteiger partial charge in [-0.3, -0.25) is 9.78 Å². The molecule has 132 valence electrons. The summed E-state index contributed by atoms with van der Waals surface area (Å²) in [5, 5.41) is 1.45. The molecule has 2 fully saturated rings. The smallest absolute Gasteiger partial charge is 0.260 e. The molecule has 5 nitrogen and oxygen atoms in total. The highest BCUT2D eigenvalue weighted by molar-refractivity contribution is 6.35. The Bertz CT molecular complexity index is 782. The van der Waals surface area contributed by atoms with Crippen molar-refractivity contribution in [3.05, 3.63) is 35.5 Å². The van der Waals surface area contributed by atoms with Gasteiger partial charge in [0.25, 0.3) is 5.91 Å². The van der Waals surface area contributed by atoms with E-state index in [0.717, 1.165) is 44.3 Å². The zero-order chi connectivity index (χ0) is 17.2. The maximum Gasteiger partial charge on any atom is 0.260 e. The Morgan fingerprint density at radius 2 is 2.28 bits per heavy atom. The minimum absolute atomic E-state index is 0.0167. The molecule has 1 aromatic heterocycles. The van der Waals surface area contributed by atoms with Crippen molar-refractivity contribution < 1.29 is 14.3 Å². The molecule has 2 atom stereocenters. The van der Waals surface area contributed by atoms with E-state index in [4.69, 9.17) is 21.1 Å². The number of halogens is 1. The van der Waals surface area contributed by atoms with Crippen molar-refractivity contribution in [2.24, 2.45) is 5.92 Å². The van der Waals surface area contributed by atoms with E-state index in [0.29, 0.717) is 28.3 Å². The number of ether oxygens (including phenoxy) is 2. The van der Waals surface area contributed by atoms with Crippen LogP contribution in [0.3, 0.4) is 0 Å². The van der Waals surface area contributed by atoms with E-state index in [1.807, 2.05) is 17.0 Å². The number of fused-ring (bicyclic) bond motifs is 2. The fraction of sp³-hybridized carbons (Fsp3) is 0.474. The Morgan fingerprint density at radius 3 is 3.20 bits per heavy atom. The van der Waals surface area contributed by atoms with Crippen molar-refractivity contribution >= 4 is 28.4 Å². The number of carbonyl (C=O) groups excluding carboxylic acids is 1. The molecule has 0 bridgehead atoms. The molecule has 2 unspecified atom stereocenters. The fourth-order valence-corrected chi connectivity index (χ4v) is 3.99. The summed E-state index contributed by atoms with van der Waals surface area (Å²) in [4.78, 5) is 18.8. The van der Waals surface area contributed by atoms with E-state index in [1.54, 1.807) is 18.3 Å². The molecule has 2 aliphatic heterocycles. The highest BCUT2D eigenvalue weighted by Gasteiger charge is 2.33. The molecule has 1 amide bonds. The lowest BCUT2D eigenvalue weighted by Gasteiger charge is -2.40. The first-order chi connectivity index (χ1) is 12.2. The van der Waals surface area contributed by atoms with Crippen LogP contribution < -0.4 is 4.74 Å². The maximum atomic E-state index is 12.6. The van der Waals surface area contributed by atoms with Crippen molar-refractivity contribution in [3.63, 3.8) is 0 Å². The minimum Gasteiger partial charge on any atom is -0.481 e. The Labute approximate surface area is 151 Å². The van der Waals surface area contributed by atoms with Gasteiger partial charge in [0.15, 0.2) is 6.61 Å². The molecule has 0 N–H and O–H groups in total. The third-order valence-electron chi connectivity index (χ3n) is 5.10. The first-order valence-corrected chi connectivity index (χ1v) is 9.15. The SMILES string of the molecule is O=C(COc1ccc(Cl)c2cccnc12)N1CCC2OCCCC2C1. The Balaban J connectivity index is 1.42. The molecule has 25 heavy (non-hydrogen) atoms. The first kappa shape index (κ1) is 16.6. The average Bonchev–Trinajstić information content (AvgIpc) is 2.67. The van der Waals surface area contributed by atoms with E-state index >= 15 is 0 Å². The second-order valence-electron chi connectivity index (χ2n) is 6.67. The van der Waals surface area contributed by atoms with Gasteiger partial charge in [0.05, 0.1) is 11.1 Å². The number of hydrogen-bond donors (Lipinski definition) is 0. The van der Waals surface area contributed by atoms with Crippen LogP contribution in [0.5, 0.6) is 5.75 Å². The third kappa shape index (κ3) is 3.44. The van der Waals surface area contributed by atoms with E-state index < -0.39 is 0 Å². The van der Waals surface area contributed by atoms with Crippen molar-refractivity contribution in [3.8, 4) is 5.75 Å². The van der Waals surface area contributed by atoms with Crippen LogP contribution in [-0.4, -0.2) is 48.2 Å². The van der Waals surface area contributed by atoms with Gasteiger partial charge < -0.3 is 14.4 Å². The number of amides is 1. The van der Waals surface area contributed by atoms with Crippen LogP contribution in [0.15, 0.2) is 30.5 Å². The molecule has 0 saturated carbocycles. The van der Waals surface area contributed by atoms with Crippen LogP contribution in [0.4, 0.5) is 0 Å². The number of likely N-dealkylation sites (tertiary alicyclic amines) is 1. The van der Waals surface area contributed by atoms with E-state index in [9.17, 15) is 4.79 Å². The Hall–Kier alpha value is -1.85. The Kier molecular flexibility index (Phi) is 4.77. The molecule has 3 heterocycles. The molecule has 2 saturated heterocycles. The van der Waals surface area contributed by atoms with Crippen molar-refractivity contribution in [2.45, 2.75) is 25.4 Å². The van der Waals surface area contributed by atoms with Gasteiger partial charge in [0, 0.05) is 37.2 Å². The number of rotatable bonds is 3. The van der Waals surface area contributed by atoms with E-state index in [-0.39, 0.29) is 12.5 Å². The Morgan fingerprint density at radius 1 is 1.36 bits per heavy atom. The van der Waals surface area contributed by atoms with Crippen LogP contribution in [0, 0.1) is 5.92 Å². The molecule has 4 rings (SSSR count). The lowest BCUT2D eigenvalue weighted by molar-refractivity contribution is -0.140. The molecule has 2 aliphatic rings. The summed E-state index contributed by atoms with van der Waals surface area (Å²) in [5.41, 5.74) is 0.683. The summed E-state index contributed by atoms with van der Waals surface area (Å²) in [6.07, 6.45) is 5.16. The zero-order valence-corrected chi connectivity index (χ0v) is 14.7. The predicted molar refractivity (Wildman–Crippen MR) is 95.9 cm³/mol. The average molecular weight is 361 g/mol. The summed E-state index contributed by atoms with van der Waals surface area (Å²) in [7, 11) is 0. The van der Waals surface area contributed by atoms with Gasteiger partial charge in [0.2, 0.25) is 0 Å². The summed E-state index contributed by atoms with van der Waals surface area (Å²) < 4.78 is 11.6. The van der Waals surface area contributed by atoms with Gasteiger partial charge in [-0.15, -0.1) is 0 Å². The molecule has 6 heteroatoms. The number of pyridine rings is 1. The van der Waals surface area contributed by atoms with Crippen LogP contribution >= 0.6 is 11.6 Å². The minimum atomic E-state index is 0.0167. The molecule has 1 aromatic carbocycles. The van der Waals surface area contributed by atoms with Crippen LogP contribution in [0.2, 0.25) is 5.02 Å². The van der Waals surface area contributed by atoms with Gasteiger partial charge in [-0.25, -0.2) is 0 Å². The van der Waals surface area contributed by atoms with Gasteiger partial charge in [-0.1, -0.05) is 11.6 Å². The lowest BCUT2D eigenvalue weighted by atomic mass is 9.88. The predicted octanol–water partition coefficient (Wildman–Crippen LogP) is 3.29. The van der Waals surface area contributed by atoms with Crippen molar-refractivity contribution in [1.82, 2.24) is 9.88 Å². The number of aromatic nitrogens is 1. The van der Waals surface area contributed by atoms with Crippen molar-refractivity contribution in [1.29, 1.82) is 0 Å². The second kappa shape index (κ2) is 7.18. The van der Waals surface area contributed by atoms with Gasteiger partial charge in [-0.2, -0.15) is 0 Å². The molecule has 0 aliphatic carbocycles. The van der Waals surface area contributed by atoms with Gasteiger partial charge in [-0.05, 0) is 43.5 Å². The highest BCUT2D eigenvalue weighted by Crippen LogP contribution is 2.30. The molecule has 0 spiro atoms. The first-order valence-electron chi connectivity index (χ1n) is 8.78. The molecular formula is C19H21ClN2O3. The standard InChI is InChI=1S/C19H21ClN2O3/c20-15-5-6-17(19-14(15)4-1-8-21-19)25-12-18(23)22-9-7-16-13(11-22)3-2-10-24-16/h1,4-6,8,13,16H,2-3,7,9-12H2. The fourth-order valence-electron chi connectivity index (χ4n) is 3.77. The third-order valence-corrected chi connectivity index (χ3v) is 5.43. The number of carbonyl (C=O) groups is 1. The number of benzene rings is 1. The lowest BCUT2D eigenvalue weighted by Crippen LogP contribution is -2.49. The number of hydrogen-bond acceptors (Lipinski definition) is 4. The number of piperidine rings is 1. The van der Waals surface area contributed by atoms with Gasteiger partial charge >= 0.3 is 0 Å². The van der Waals surface area contributed by atoms with Crippen molar-refractivity contribution in [2.75, 3.05) is 26.3 Å². The van der Waals surface area contributed by atoms with Crippen LogP contribution in [0.1, 0.15) is 19.3 Å². The molecular weight excluding hydrogens is 340 g/mol. The number of nitrogens with zero attached hydrogens (tertiary/aromatic N) is 2. The summed E-state index contributed by atoms with van der Waals surface area (Å²) in [5.74, 6) is 1.07. The topological polar surface area (TPSA) is 51.7 Å². The zero-order valence-electron chi connectivity index (χ0n) is 14.0. The van der Waals surface area contributed by atoms with E-state index in [1.165, 1.54) is 0 Å². The molecule has 2 aromatic rings. The molecule has 0 radical (unpaired) electrons. The second-order valence-corrected chi connectivity index (χ2v) is 7.08. The van der Waals surface area contributed by atoms with Crippen LogP contribution in [0.25, 0.3) is 10.9 Å². The normalized spacial score (nSPS) is 23.3. The largest absolute Gasteiger partial charge is 0.481 e. The highest BCUT2D eigenvalue weighted by atomic mass is 35.5.